The molecule has 0 radical (unpaired) electrons. The number of benzene rings is 1. The van der Waals surface area contributed by atoms with Crippen molar-refractivity contribution in [1.29, 1.82) is 0 Å². The zero-order valence-electron chi connectivity index (χ0n) is 12.9. The van der Waals surface area contributed by atoms with Gasteiger partial charge in [0.2, 0.25) is 0 Å². The number of nitrogens with one attached hydrogen (secondary N) is 2. The van der Waals surface area contributed by atoms with Crippen LogP contribution in [-0.2, 0) is 0 Å². The second-order valence-corrected chi connectivity index (χ2v) is 4.99. The maximum atomic E-state index is 12.3. The van der Waals surface area contributed by atoms with Crippen LogP contribution in [0.25, 0.3) is 0 Å². The van der Waals surface area contributed by atoms with Crippen LogP contribution in [0.2, 0.25) is 0 Å². The van der Waals surface area contributed by atoms with Crippen LogP contribution in [0, 0.1) is 13.8 Å². The Hall–Kier alpha value is -2.63. The maximum Gasteiger partial charge on any atom is 0.261 e. The van der Waals surface area contributed by atoms with E-state index >= 15 is 0 Å². The Labute approximate surface area is 128 Å². The first-order chi connectivity index (χ1) is 10.5. The number of rotatable bonds is 5. The van der Waals surface area contributed by atoms with Crippen molar-refractivity contribution in [2.24, 2.45) is 0 Å². The molecule has 0 saturated carbocycles. The molecule has 0 fully saturated rings. The van der Waals surface area contributed by atoms with Gasteiger partial charge in [0.1, 0.15) is 11.3 Å². The van der Waals surface area contributed by atoms with Crippen molar-refractivity contribution in [3.63, 3.8) is 0 Å². The molecular weight excluding hydrogens is 282 g/mol. The Morgan fingerprint density at radius 2 is 2.00 bits per heavy atom. The number of amides is 2. The van der Waals surface area contributed by atoms with Crippen LogP contribution >= 0.6 is 0 Å². The van der Waals surface area contributed by atoms with E-state index in [1.54, 1.807) is 38.1 Å². The van der Waals surface area contributed by atoms with Crippen molar-refractivity contribution in [3.8, 4) is 0 Å². The first-order valence-corrected chi connectivity index (χ1v) is 7.15. The van der Waals surface area contributed by atoms with Crippen LogP contribution in [-0.4, -0.2) is 23.5 Å². The molecule has 0 aliphatic heterocycles. The van der Waals surface area contributed by atoms with E-state index in [4.69, 9.17) is 4.52 Å². The highest BCUT2D eigenvalue weighted by atomic mass is 16.5. The lowest BCUT2D eigenvalue weighted by molar-refractivity contribution is 0.0952. The molecule has 0 spiro atoms. The molecule has 2 N–H and O–H groups in total. The van der Waals surface area contributed by atoms with Crippen molar-refractivity contribution in [2.75, 3.05) is 11.9 Å². The van der Waals surface area contributed by atoms with Crippen molar-refractivity contribution in [2.45, 2.75) is 27.2 Å². The van der Waals surface area contributed by atoms with Crippen LogP contribution < -0.4 is 10.6 Å². The fraction of sp³-hybridized carbons (Fsp3) is 0.312. The second-order valence-electron chi connectivity index (χ2n) is 4.99. The van der Waals surface area contributed by atoms with Crippen LogP contribution in [0.3, 0.4) is 0 Å². The predicted octanol–water partition coefficient (Wildman–Crippen LogP) is 2.68. The zero-order valence-corrected chi connectivity index (χ0v) is 12.9. The fourth-order valence-electron chi connectivity index (χ4n) is 2.08. The van der Waals surface area contributed by atoms with Crippen molar-refractivity contribution in [1.82, 2.24) is 10.5 Å². The van der Waals surface area contributed by atoms with Gasteiger partial charge in [-0.3, -0.25) is 9.59 Å². The molecule has 0 bridgehead atoms. The molecule has 116 valence electrons. The summed E-state index contributed by atoms with van der Waals surface area (Å²) in [5, 5.41) is 9.32. The third kappa shape index (κ3) is 3.52. The summed E-state index contributed by atoms with van der Waals surface area (Å²) in [7, 11) is 0. The number of hydrogen-bond donors (Lipinski definition) is 2. The summed E-state index contributed by atoms with van der Waals surface area (Å²) in [6, 6.07) is 6.80. The average molecular weight is 301 g/mol. The Kier molecular flexibility index (Phi) is 4.93. The minimum Gasteiger partial charge on any atom is -0.361 e. The molecule has 0 atom stereocenters. The molecule has 22 heavy (non-hydrogen) atoms. The standard InChI is InChI=1S/C16H19N3O3/c1-4-8-17-15(20)12-6-5-7-13(9-12)18-16(21)14-10(2)19-22-11(14)3/h5-7,9H,4,8H2,1-3H3,(H,17,20)(H,18,21). The highest BCUT2D eigenvalue weighted by molar-refractivity contribution is 6.06. The van der Waals surface area contributed by atoms with E-state index in [-0.39, 0.29) is 11.8 Å². The SMILES string of the molecule is CCCNC(=O)c1cccc(NC(=O)c2c(C)noc2C)c1. The van der Waals surface area contributed by atoms with Crippen molar-refractivity contribution >= 4 is 17.5 Å². The minimum atomic E-state index is -0.303. The highest BCUT2D eigenvalue weighted by Crippen LogP contribution is 2.16. The van der Waals surface area contributed by atoms with Crippen LogP contribution in [0.15, 0.2) is 28.8 Å². The van der Waals surface area contributed by atoms with E-state index in [1.807, 2.05) is 6.92 Å². The Morgan fingerprint density at radius 3 is 2.64 bits per heavy atom. The largest absolute Gasteiger partial charge is 0.361 e. The fourth-order valence-corrected chi connectivity index (χ4v) is 2.08. The molecule has 1 aromatic heterocycles. The van der Waals surface area contributed by atoms with Crippen LogP contribution in [0.1, 0.15) is 45.5 Å². The number of carbonyl (C=O) groups is 2. The number of hydrogen-bond acceptors (Lipinski definition) is 4. The first-order valence-electron chi connectivity index (χ1n) is 7.15. The van der Waals surface area contributed by atoms with Crippen molar-refractivity contribution < 1.29 is 14.1 Å². The molecule has 2 rings (SSSR count). The molecule has 1 aromatic carbocycles. The number of aryl methyl sites for hydroxylation is 2. The van der Waals surface area contributed by atoms with E-state index in [2.05, 4.69) is 15.8 Å². The van der Waals surface area contributed by atoms with E-state index in [1.165, 1.54) is 0 Å². The summed E-state index contributed by atoms with van der Waals surface area (Å²) >= 11 is 0. The highest BCUT2D eigenvalue weighted by Gasteiger charge is 2.17. The molecule has 6 heteroatoms. The average Bonchev–Trinajstić information content (AvgIpc) is 2.84. The predicted molar refractivity (Wildman–Crippen MR) is 83.0 cm³/mol. The number of aromatic nitrogens is 1. The summed E-state index contributed by atoms with van der Waals surface area (Å²) < 4.78 is 4.99. The van der Waals surface area contributed by atoms with E-state index < -0.39 is 0 Å². The third-order valence-corrected chi connectivity index (χ3v) is 3.18. The molecular formula is C16H19N3O3. The van der Waals surface area contributed by atoms with Gasteiger partial charge in [0.15, 0.2) is 0 Å². The summed E-state index contributed by atoms with van der Waals surface area (Å²) in [6.07, 6.45) is 0.869. The number of anilines is 1. The maximum absolute atomic E-state index is 12.3. The Balaban J connectivity index is 2.14. The lowest BCUT2D eigenvalue weighted by atomic mass is 10.1. The molecule has 0 unspecified atom stereocenters. The van der Waals surface area contributed by atoms with Crippen molar-refractivity contribution in [3.05, 3.63) is 46.8 Å². The molecule has 1 heterocycles. The summed E-state index contributed by atoms with van der Waals surface area (Å²) in [6.45, 7) is 6.00. The van der Waals surface area contributed by atoms with Gasteiger partial charge in [-0.15, -0.1) is 0 Å². The van der Waals surface area contributed by atoms with E-state index in [9.17, 15) is 9.59 Å². The van der Waals surface area contributed by atoms with Gasteiger partial charge < -0.3 is 15.2 Å². The van der Waals surface area contributed by atoms with Gasteiger partial charge in [-0.1, -0.05) is 18.1 Å². The van der Waals surface area contributed by atoms with Gasteiger partial charge in [0, 0.05) is 17.8 Å². The Bertz CT molecular complexity index is 672. The van der Waals surface area contributed by atoms with Gasteiger partial charge >= 0.3 is 0 Å². The topological polar surface area (TPSA) is 84.2 Å². The van der Waals surface area contributed by atoms with Gasteiger partial charge in [-0.2, -0.15) is 0 Å². The molecule has 2 amide bonds. The second kappa shape index (κ2) is 6.89. The summed E-state index contributed by atoms with van der Waals surface area (Å²) in [5.41, 5.74) is 2.01. The molecule has 0 saturated heterocycles. The van der Waals surface area contributed by atoms with E-state index in [0.29, 0.717) is 34.8 Å². The number of nitrogens with zero attached hydrogens (tertiary/aromatic N) is 1. The molecule has 6 nitrogen and oxygen atoms in total. The monoisotopic (exact) mass is 301 g/mol. The summed E-state index contributed by atoms with van der Waals surface area (Å²) in [4.78, 5) is 24.2. The molecule has 0 aliphatic rings. The lowest BCUT2D eigenvalue weighted by Crippen LogP contribution is -2.24. The molecule has 2 aromatic rings. The first kappa shape index (κ1) is 15.8. The van der Waals surface area contributed by atoms with Gasteiger partial charge in [-0.25, -0.2) is 0 Å². The summed E-state index contributed by atoms with van der Waals surface area (Å²) in [5.74, 6) is 0.00416. The van der Waals surface area contributed by atoms with E-state index in [0.717, 1.165) is 6.42 Å². The molecule has 0 aliphatic carbocycles. The normalized spacial score (nSPS) is 10.3. The van der Waals surface area contributed by atoms with Gasteiger partial charge in [-0.05, 0) is 38.5 Å². The van der Waals surface area contributed by atoms with Gasteiger partial charge in [0.05, 0.1) is 5.69 Å². The van der Waals surface area contributed by atoms with Crippen LogP contribution in [0.4, 0.5) is 5.69 Å². The van der Waals surface area contributed by atoms with Gasteiger partial charge in [0.25, 0.3) is 11.8 Å². The van der Waals surface area contributed by atoms with Crippen LogP contribution in [0.5, 0.6) is 0 Å². The number of carbonyl (C=O) groups excluding carboxylic acids is 2. The lowest BCUT2D eigenvalue weighted by Gasteiger charge is -2.08. The third-order valence-electron chi connectivity index (χ3n) is 3.18. The zero-order chi connectivity index (χ0) is 16.1. The smallest absolute Gasteiger partial charge is 0.261 e. The quantitative estimate of drug-likeness (QED) is 0.889. The Morgan fingerprint density at radius 1 is 1.23 bits per heavy atom. The minimum absolute atomic E-state index is 0.157.